The molecule has 0 saturated heterocycles. The summed E-state index contributed by atoms with van der Waals surface area (Å²) in [6, 6.07) is 9.53. The quantitative estimate of drug-likeness (QED) is 0.846. The van der Waals surface area contributed by atoms with E-state index in [0.717, 1.165) is 4.47 Å². The molecule has 94 valence electrons. The summed E-state index contributed by atoms with van der Waals surface area (Å²) < 4.78 is 19.4. The van der Waals surface area contributed by atoms with Gasteiger partial charge in [0.05, 0.1) is 4.47 Å². The van der Waals surface area contributed by atoms with Crippen molar-refractivity contribution in [2.45, 2.75) is 6.61 Å². The van der Waals surface area contributed by atoms with Crippen molar-refractivity contribution >= 4 is 33.2 Å². The van der Waals surface area contributed by atoms with Gasteiger partial charge in [-0.15, -0.1) is 0 Å². The number of anilines is 1. The van der Waals surface area contributed by atoms with Crippen LogP contribution in [-0.4, -0.2) is 0 Å². The lowest BCUT2D eigenvalue weighted by molar-refractivity contribution is 0.303. The van der Waals surface area contributed by atoms with E-state index in [1.807, 2.05) is 0 Å². The lowest BCUT2D eigenvalue weighted by Gasteiger charge is -2.09. The van der Waals surface area contributed by atoms with Crippen molar-refractivity contribution in [3.05, 3.63) is 57.3 Å². The number of rotatable bonds is 3. The first-order valence-corrected chi connectivity index (χ1v) is 6.34. The van der Waals surface area contributed by atoms with Gasteiger partial charge in [0.1, 0.15) is 18.2 Å². The van der Waals surface area contributed by atoms with Gasteiger partial charge in [0, 0.05) is 10.7 Å². The highest BCUT2D eigenvalue weighted by Gasteiger charge is 2.04. The number of ether oxygens (including phenoxy) is 1. The monoisotopic (exact) mass is 329 g/mol. The minimum Gasteiger partial charge on any atom is -0.488 e. The van der Waals surface area contributed by atoms with Gasteiger partial charge in [-0.3, -0.25) is 0 Å². The lowest BCUT2D eigenvalue weighted by Crippen LogP contribution is -1.98. The van der Waals surface area contributed by atoms with Crippen LogP contribution in [-0.2, 0) is 6.61 Å². The van der Waals surface area contributed by atoms with Crippen molar-refractivity contribution in [3.8, 4) is 5.75 Å². The van der Waals surface area contributed by atoms with E-state index in [4.69, 9.17) is 22.1 Å². The first-order valence-electron chi connectivity index (χ1n) is 5.17. The zero-order chi connectivity index (χ0) is 13.1. The van der Waals surface area contributed by atoms with E-state index in [9.17, 15) is 4.39 Å². The summed E-state index contributed by atoms with van der Waals surface area (Å²) in [5, 5.41) is 0.615. The van der Waals surface area contributed by atoms with Gasteiger partial charge < -0.3 is 10.5 Å². The fraction of sp³-hybridized carbons (Fsp3) is 0.0769. The molecule has 0 saturated carbocycles. The Morgan fingerprint density at radius 3 is 2.67 bits per heavy atom. The summed E-state index contributed by atoms with van der Waals surface area (Å²) in [5.74, 6) is 0.269. The van der Waals surface area contributed by atoms with Gasteiger partial charge in [0.25, 0.3) is 0 Å². The maximum atomic E-state index is 13.1. The Balaban J connectivity index is 2.11. The topological polar surface area (TPSA) is 35.2 Å². The van der Waals surface area contributed by atoms with Crippen molar-refractivity contribution in [3.63, 3.8) is 0 Å². The molecule has 18 heavy (non-hydrogen) atoms. The number of benzene rings is 2. The van der Waals surface area contributed by atoms with Crippen LogP contribution in [0.3, 0.4) is 0 Å². The molecule has 0 atom stereocenters. The molecular weight excluding hydrogens is 321 g/mol. The molecule has 2 rings (SSSR count). The minimum absolute atomic E-state index is 0.238. The number of nitrogens with two attached hydrogens (primary N) is 1. The van der Waals surface area contributed by atoms with Gasteiger partial charge in [-0.1, -0.05) is 11.6 Å². The third kappa shape index (κ3) is 3.37. The molecule has 0 unspecified atom stereocenters. The van der Waals surface area contributed by atoms with E-state index in [0.29, 0.717) is 22.0 Å². The van der Waals surface area contributed by atoms with E-state index in [2.05, 4.69) is 15.9 Å². The normalized spacial score (nSPS) is 10.4. The van der Waals surface area contributed by atoms with Gasteiger partial charge in [0.15, 0.2) is 0 Å². The lowest BCUT2D eigenvalue weighted by atomic mass is 10.2. The Bertz CT molecular complexity index is 557. The fourth-order valence-corrected chi connectivity index (χ4v) is 2.31. The van der Waals surface area contributed by atoms with Crippen LogP contribution in [0.2, 0.25) is 5.02 Å². The van der Waals surface area contributed by atoms with Crippen LogP contribution in [0.1, 0.15) is 5.56 Å². The molecule has 0 aliphatic heterocycles. The van der Waals surface area contributed by atoms with Gasteiger partial charge >= 0.3 is 0 Å². The summed E-state index contributed by atoms with van der Waals surface area (Å²) in [6.45, 7) is 0.238. The summed E-state index contributed by atoms with van der Waals surface area (Å²) in [6.07, 6.45) is 0. The molecule has 0 bridgehead atoms. The summed E-state index contributed by atoms with van der Waals surface area (Å²) >= 11 is 9.17. The SMILES string of the molecule is Nc1cc(F)cc(COc2ccc(Cl)cc2Br)c1. The van der Waals surface area contributed by atoms with Crippen molar-refractivity contribution in [1.29, 1.82) is 0 Å². The second kappa shape index (κ2) is 5.59. The minimum atomic E-state index is -0.372. The summed E-state index contributed by atoms with van der Waals surface area (Å²) in [5.41, 5.74) is 6.61. The van der Waals surface area contributed by atoms with E-state index < -0.39 is 0 Å². The maximum Gasteiger partial charge on any atom is 0.134 e. The molecule has 0 aliphatic rings. The average Bonchev–Trinajstić information content (AvgIpc) is 2.26. The van der Waals surface area contributed by atoms with E-state index in [1.54, 1.807) is 24.3 Å². The Morgan fingerprint density at radius 2 is 2.00 bits per heavy atom. The largest absolute Gasteiger partial charge is 0.488 e. The summed E-state index contributed by atoms with van der Waals surface area (Å²) in [4.78, 5) is 0. The Kier molecular flexibility index (Phi) is 4.09. The highest BCUT2D eigenvalue weighted by atomic mass is 79.9. The highest BCUT2D eigenvalue weighted by molar-refractivity contribution is 9.10. The molecular formula is C13H10BrClFNO. The first-order chi connectivity index (χ1) is 8.54. The number of halogens is 3. The molecule has 0 aromatic heterocycles. The second-order valence-corrected chi connectivity index (χ2v) is 5.05. The van der Waals surface area contributed by atoms with Crippen LogP contribution in [0, 0.1) is 5.82 Å². The number of hydrogen-bond donors (Lipinski definition) is 1. The Hall–Kier alpha value is -1.26. The number of nitrogen functional groups attached to an aromatic ring is 1. The smallest absolute Gasteiger partial charge is 0.134 e. The molecule has 0 heterocycles. The van der Waals surface area contributed by atoms with E-state index >= 15 is 0 Å². The molecule has 2 aromatic carbocycles. The molecule has 0 fully saturated rings. The van der Waals surface area contributed by atoms with Gasteiger partial charge in [-0.2, -0.15) is 0 Å². The molecule has 0 radical (unpaired) electrons. The fourth-order valence-electron chi connectivity index (χ4n) is 1.51. The molecule has 5 heteroatoms. The van der Waals surface area contributed by atoms with Crippen molar-refractivity contribution in [1.82, 2.24) is 0 Å². The van der Waals surface area contributed by atoms with Gasteiger partial charge in [0.2, 0.25) is 0 Å². The van der Waals surface area contributed by atoms with Crippen LogP contribution in [0.25, 0.3) is 0 Å². The Morgan fingerprint density at radius 1 is 1.22 bits per heavy atom. The summed E-state index contributed by atoms with van der Waals surface area (Å²) in [7, 11) is 0. The van der Waals surface area contributed by atoms with E-state index in [-0.39, 0.29) is 12.4 Å². The van der Waals surface area contributed by atoms with Crippen LogP contribution >= 0.6 is 27.5 Å². The van der Waals surface area contributed by atoms with Crippen molar-refractivity contribution in [2.75, 3.05) is 5.73 Å². The molecule has 0 amide bonds. The zero-order valence-corrected chi connectivity index (χ0v) is 11.6. The maximum absolute atomic E-state index is 13.1. The molecule has 2 nitrogen and oxygen atoms in total. The van der Waals surface area contributed by atoms with Crippen LogP contribution in [0.15, 0.2) is 40.9 Å². The number of hydrogen-bond acceptors (Lipinski definition) is 2. The Labute approximate surface area is 118 Å². The van der Waals surface area contributed by atoms with Crippen molar-refractivity contribution in [2.24, 2.45) is 0 Å². The molecule has 2 N–H and O–H groups in total. The van der Waals surface area contributed by atoms with Crippen molar-refractivity contribution < 1.29 is 9.13 Å². The standard InChI is InChI=1S/C13H10BrClFNO/c14-12-5-9(15)1-2-13(12)18-7-8-3-10(16)6-11(17)4-8/h1-6H,7,17H2. The first kappa shape index (κ1) is 13.2. The third-order valence-electron chi connectivity index (χ3n) is 2.27. The second-order valence-electron chi connectivity index (χ2n) is 3.76. The molecule has 0 spiro atoms. The van der Waals surface area contributed by atoms with Crippen LogP contribution in [0.4, 0.5) is 10.1 Å². The molecule has 0 aliphatic carbocycles. The van der Waals surface area contributed by atoms with Crippen LogP contribution in [0.5, 0.6) is 5.75 Å². The van der Waals surface area contributed by atoms with E-state index in [1.165, 1.54) is 12.1 Å². The zero-order valence-electron chi connectivity index (χ0n) is 9.29. The predicted molar refractivity (Wildman–Crippen MR) is 74.3 cm³/mol. The molecule has 2 aromatic rings. The van der Waals surface area contributed by atoms with Gasteiger partial charge in [-0.25, -0.2) is 4.39 Å². The highest BCUT2D eigenvalue weighted by Crippen LogP contribution is 2.28. The predicted octanol–water partition coefficient (Wildman–Crippen LogP) is 4.40. The van der Waals surface area contributed by atoms with Gasteiger partial charge in [-0.05, 0) is 57.9 Å². The van der Waals surface area contributed by atoms with Crippen LogP contribution < -0.4 is 10.5 Å². The third-order valence-corrected chi connectivity index (χ3v) is 3.12. The average molecular weight is 331 g/mol.